The summed E-state index contributed by atoms with van der Waals surface area (Å²) in [5.74, 6) is 0.610. The van der Waals surface area contributed by atoms with E-state index in [0.29, 0.717) is 50.8 Å². The van der Waals surface area contributed by atoms with Crippen molar-refractivity contribution in [2.24, 2.45) is 0 Å². The predicted octanol–water partition coefficient (Wildman–Crippen LogP) is 1.41. The van der Waals surface area contributed by atoms with Crippen LogP contribution in [0.3, 0.4) is 0 Å². The number of pyridine rings is 1. The third kappa shape index (κ3) is 4.44. The van der Waals surface area contributed by atoms with Crippen LogP contribution in [0.4, 0.5) is 5.82 Å². The van der Waals surface area contributed by atoms with Gasteiger partial charge in [-0.3, -0.25) is 4.79 Å². The molecule has 1 amide bonds. The van der Waals surface area contributed by atoms with Crippen LogP contribution in [0.1, 0.15) is 23.2 Å². The topological polar surface area (TPSA) is 105 Å². The lowest BCUT2D eigenvalue weighted by Crippen LogP contribution is -2.42. The summed E-state index contributed by atoms with van der Waals surface area (Å²) in [5, 5.41) is 3.34. The Balaban J connectivity index is 1.32. The Labute approximate surface area is 169 Å². The van der Waals surface area contributed by atoms with Crippen LogP contribution in [0.5, 0.6) is 0 Å². The number of sulfonamides is 1. The second-order valence-electron chi connectivity index (χ2n) is 7.12. The molecule has 9 nitrogen and oxygen atoms in total. The van der Waals surface area contributed by atoms with Gasteiger partial charge in [-0.15, -0.1) is 0 Å². The number of hydrogen-bond acceptors (Lipinski definition) is 7. The molecule has 2 aliphatic heterocycles. The first-order valence-electron chi connectivity index (χ1n) is 9.66. The summed E-state index contributed by atoms with van der Waals surface area (Å²) in [6, 6.07) is 5.12. The molecule has 2 saturated heterocycles. The first-order chi connectivity index (χ1) is 14.0. The summed E-state index contributed by atoms with van der Waals surface area (Å²) >= 11 is 0. The summed E-state index contributed by atoms with van der Waals surface area (Å²) in [7, 11) is -3.54. The van der Waals surface area contributed by atoms with E-state index in [9.17, 15) is 13.2 Å². The molecule has 2 aromatic heterocycles. The summed E-state index contributed by atoms with van der Waals surface area (Å²) in [6.07, 6.45) is 5.93. The van der Waals surface area contributed by atoms with Gasteiger partial charge < -0.3 is 19.4 Å². The quantitative estimate of drug-likeness (QED) is 0.780. The number of carbonyl (C=O) groups excluding carboxylic acids is 1. The van der Waals surface area contributed by atoms with E-state index in [4.69, 9.17) is 9.15 Å². The molecule has 0 unspecified atom stereocenters. The number of likely N-dealkylation sites (tertiary alicyclic amines) is 1. The molecule has 4 heterocycles. The zero-order valence-corrected chi connectivity index (χ0v) is 16.8. The minimum Gasteiger partial charge on any atom is -0.472 e. The Kier molecular flexibility index (Phi) is 5.84. The number of piperidine rings is 1. The predicted molar refractivity (Wildman–Crippen MR) is 105 cm³/mol. The van der Waals surface area contributed by atoms with Crippen LogP contribution in [0.2, 0.25) is 0 Å². The number of anilines is 1. The number of carbonyl (C=O) groups is 1. The minimum absolute atomic E-state index is 0.0204. The van der Waals surface area contributed by atoms with Gasteiger partial charge in [0.25, 0.3) is 5.91 Å². The van der Waals surface area contributed by atoms with Crippen molar-refractivity contribution in [3.8, 4) is 0 Å². The number of aromatic nitrogens is 1. The first kappa shape index (κ1) is 19.9. The van der Waals surface area contributed by atoms with Crippen molar-refractivity contribution in [1.82, 2.24) is 14.2 Å². The number of morpholine rings is 1. The lowest BCUT2D eigenvalue weighted by molar-refractivity contribution is 0.0717. The summed E-state index contributed by atoms with van der Waals surface area (Å²) in [5.41, 5.74) is 0.565. The molecule has 0 bridgehead atoms. The van der Waals surface area contributed by atoms with Gasteiger partial charge in [0.1, 0.15) is 17.0 Å². The highest BCUT2D eigenvalue weighted by Crippen LogP contribution is 2.20. The largest absolute Gasteiger partial charge is 0.472 e. The molecule has 0 atom stereocenters. The zero-order valence-electron chi connectivity index (χ0n) is 16.0. The van der Waals surface area contributed by atoms with Crippen LogP contribution in [0.15, 0.2) is 46.2 Å². The van der Waals surface area contributed by atoms with E-state index >= 15 is 0 Å². The maximum atomic E-state index is 12.7. The van der Waals surface area contributed by atoms with E-state index in [-0.39, 0.29) is 16.8 Å². The van der Waals surface area contributed by atoms with Gasteiger partial charge in [-0.2, -0.15) is 4.31 Å². The van der Waals surface area contributed by atoms with Gasteiger partial charge in [-0.25, -0.2) is 13.4 Å². The molecule has 1 N–H and O–H groups in total. The highest BCUT2D eigenvalue weighted by molar-refractivity contribution is 7.89. The molecule has 2 aromatic rings. The van der Waals surface area contributed by atoms with E-state index in [1.165, 1.54) is 23.0 Å². The maximum Gasteiger partial charge on any atom is 0.257 e. The van der Waals surface area contributed by atoms with Crippen LogP contribution < -0.4 is 5.32 Å². The number of furan rings is 1. The molecule has 2 aliphatic rings. The van der Waals surface area contributed by atoms with E-state index in [1.807, 2.05) is 4.90 Å². The molecule has 0 aromatic carbocycles. The highest BCUT2D eigenvalue weighted by Gasteiger charge is 2.27. The van der Waals surface area contributed by atoms with Crippen molar-refractivity contribution in [2.45, 2.75) is 23.8 Å². The molecule has 0 radical (unpaired) electrons. The minimum atomic E-state index is -3.54. The molecule has 2 fully saturated rings. The number of ether oxygens (including phenoxy) is 1. The third-order valence-electron chi connectivity index (χ3n) is 5.25. The van der Waals surface area contributed by atoms with Crippen LogP contribution in [-0.2, 0) is 14.8 Å². The van der Waals surface area contributed by atoms with Crippen molar-refractivity contribution < 1.29 is 22.4 Å². The fourth-order valence-corrected chi connectivity index (χ4v) is 4.91. The first-order valence-corrected chi connectivity index (χ1v) is 11.1. The lowest BCUT2D eigenvalue weighted by atomic mass is 10.0. The van der Waals surface area contributed by atoms with Crippen molar-refractivity contribution in [1.29, 1.82) is 0 Å². The average Bonchev–Trinajstić information content (AvgIpc) is 3.30. The van der Waals surface area contributed by atoms with Crippen molar-refractivity contribution in [3.05, 3.63) is 42.5 Å². The van der Waals surface area contributed by atoms with Gasteiger partial charge in [0, 0.05) is 38.4 Å². The molecule has 4 rings (SSSR count). The van der Waals surface area contributed by atoms with Gasteiger partial charge in [-0.1, -0.05) is 0 Å². The van der Waals surface area contributed by atoms with Gasteiger partial charge in [0.2, 0.25) is 10.0 Å². The Morgan fingerprint density at radius 2 is 1.86 bits per heavy atom. The molecular formula is C19H24N4O5S. The number of nitrogens with one attached hydrogen (secondary N) is 1. The molecular weight excluding hydrogens is 396 g/mol. The Morgan fingerprint density at radius 3 is 2.48 bits per heavy atom. The standard InChI is InChI=1S/C19H24N4O5S/c24-19(15-5-10-28-14-15)22-6-3-16(4-7-22)21-18-2-1-17(13-20-18)29(25,26)23-8-11-27-12-9-23/h1-2,5,10,13-14,16H,3-4,6-9,11-12H2,(H,20,21). The van der Waals surface area contributed by atoms with E-state index in [0.717, 1.165) is 12.8 Å². The van der Waals surface area contributed by atoms with Gasteiger partial charge in [0.15, 0.2) is 0 Å². The third-order valence-corrected chi connectivity index (χ3v) is 7.13. The maximum absolute atomic E-state index is 12.7. The van der Waals surface area contributed by atoms with Crippen LogP contribution in [-0.4, -0.2) is 73.9 Å². The molecule has 0 spiro atoms. The Hall–Kier alpha value is -2.43. The van der Waals surface area contributed by atoms with Crippen LogP contribution in [0, 0.1) is 0 Å². The van der Waals surface area contributed by atoms with E-state index in [1.54, 1.807) is 18.2 Å². The van der Waals surface area contributed by atoms with Crippen molar-refractivity contribution in [2.75, 3.05) is 44.7 Å². The number of nitrogens with zero attached hydrogens (tertiary/aromatic N) is 3. The number of amides is 1. The van der Waals surface area contributed by atoms with E-state index in [2.05, 4.69) is 10.3 Å². The van der Waals surface area contributed by atoms with Gasteiger partial charge in [-0.05, 0) is 31.0 Å². The Morgan fingerprint density at radius 1 is 1.10 bits per heavy atom. The molecule has 0 saturated carbocycles. The number of rotatable bonds is 5. The van der Waals surface area contributed by atoms with E-state index < -0.39 is 10.0 Å². The molecule has 0 aliphatic carbocycles. The second kappa shape index (κ2) is 8.52. The normalized spacial score (nSPS) is 19.2. The second-order valence-corrected chi connectivity index (χ2v) is 9.06. The smallest absolute Gasteiger partial charge is 0.257 e. The van der Waals surface area contributed by atoms with Crippen LogP contribution in [0.25, 0.3) is 0 Å². The fraction of sp³-hybridized carbons (Fsp3) is 0.474. The summed E-state index contributed by atoms with van der Waals surface area (Å²) in [4.78, 5) is 18.6. The molecule has 10 heteroatoms. The summed E-state index contributed by atoms with van der Waals surface area (Å²) in [6.45, 7) is 2.83. The van der Waals surface area contributed by atoms with Crippen LogP contribution >= 0.6 is 0 Å². The fourth-order valence-electron chi connectivity index (χ4n) is 3.56. The molecule has 29 heavy (non-hydrogen) atoms. The Bertz CT molecular complexity index is 916. The van der Waals surface area contributed by atoms with Crippen molar-refractivity contribution in [3.63, 3.8) is 0 Å². The average molecular weight is 420 g/mol. The molecule has 156 valence electrons. The number of hydrogen-bond donors (Lipinski definition) is 1. The zero-order chi connectivity index (χ0) is 20.3. The highest BCUT2D eigenvalue weighted by atomic mass is 32.2. The van der Waals surface area contributed by atoms with Gasteiger partial charge >= 0.3 is 0 Å². The van der Waals surface area contributed by atoms with Crippen molar-refractivity contribution >= 4 is 21.7 Å². The summed E-state index contributed by atoms with van der Waals surface area (Å²) < 4.78 is 36.9. The monoisotopic (exact) mass is 420 g/mol. The SMILES string of the molecule is O=C(c1ccoc1)N1CCC(Nc2ccc(S(=O)(=O)N3CCOCC3)cn2)CC1. The lowest BCUT2D eigenvalue weighted by Gasteiger charge is -2.32. The van der Waals surface area contributed by atoms with Gasteiger partial charge in [0.05, 0.1) is 25.0 Å².